The molecular formula is C13H24N2O2. The number of hydrogen-bond acceptors (Lipinski definition) is 3. The molecule has 98 valence electrons. The molecule has 2 rings (SSSR count). The molecule has 2 aliphatic rings. The van der Waals surface area contributed by atoms with Crippen molar-refractivity contribution in [1.29, 1.82) is 0 Å². The van der Waals surface area contributed by atoms with Crippen LogP contribution in [0.2, 0.25) is 0 Å². The molecule has 4 heteroatoms. The minimum Gasteiger partial charge on any atom is -0.396 e. The molecule has 4 nitrogen and oxygen atoms in total. The Morgan fingerprint density at radius 3 is 2.76 bits per heavy atom. The van der Waals surface area contributed by atoms with E-state index in [1.54, 1.807) is 0 Å². The monoisotopic (exact) mass is 240 g/mol. The molecule has 1 heterocycles. The Kier molecular flexibility index (Phi) is 4.05. The Morgan fingerprint density at radius 1 is 1.41 bits per heavy atom. The summed E-state index contributed by atoms with van der Waals surface area (Å²) in [5, 5.41) is 9.12. The fourth-order valence-electron chi connectivity index (χ4n) is 3.28. The fraction of sp³-hybridized carbons (Fsp3) is 0.923. The second kappa shape index (κ2) is 5.36. The molecule has 4 unspecified atom stereocenters. The molecule has 3 N–H and O–H groups in total. The van der Waals surface area contributed by atoms with Crippen molar-refractivity contribution in [2.75, 3.05) is 19.7 Å². The van der Waals surface area contributed by atoms with E-state index in [-0.39, 0.29) is 30.4 Å². The highest BCUT2D eigenvalue weighted by Gasteiger charge is 2.38. The molecule has 1 aliphatic heterocycles. The number of nitrogens with zero attached hydrogens (tertiary/aromatic N) is 1. The molecule has 17 heavy (non-hydrogen) atoms. The molecular weight excluding hydrogens is 216 g/mol. The van der Waals surface area contributed by atoms with E-state index < -0.39 is 0 Å². The van der Waals surface area contributed by atoms with Gasteiger partial charge < -0.3 is 15.7 Å². The van der Waals surface area contributed by atoms with Crippen LogP contribution in [0.1, 0.15) is 32.6 Å². The molecule has 1 saturated heterocycles. The number of aliphatic hydroxyl groups is 1. The van der Waals surface area contributed by atoms with E-state index in [2.05, 4.69) is 6.92 Å². The molecule has 1 aliphatic carbocycles. The van der Waals surface area contributed by atoms with Crippen molar-refractivity contribution in [3.8, 4) is 0 Å². The van der Waals surface area contributed by atoms with Gasteiger partial charge in [0.15, 0.2) is 0 Å². The lowest BCUT2D eigenvalue weighted by Gasteiger charge is -2.35. The van der Waals surface area contributed by atoms with Crippen LogP contribution in [0.3, 0.4) is 0 Å². The summed E-state index contributed by atoms with van der Waals surface area (Å²) in [6.07, 6.45) is 4.16. The molecule has 2 fully saturated rings. The summed E-state index contributed by atoms with van der Waals surface area (Å²) in [6.45, 7) is 3.84. The van der Waals surface area contributed by atoms with Gasteiger partial charge >= 0.3 is 0 Å². The van der Waals surface area contributed by atoms with Gasteiger partial charge in [-0.15, -0.1) is 0 Å². The molecule has 0 bridgehead atoms. The first-order valence-electron chi connectivity index (χ1n) is 6.78. The van der Waals surface area contributed by atoms with Crippen LogP contribution in [0.25, 0.3) is 0 Å². The van der Waals surface area contributed by atoms with Crippen molar-refractivity contribution in [1.82, 2.24) is 4.90 Å². The average Bonchev–Trinajstić information content (AvgIpc) is 2.77. The van der Waals surface area contributed by atoms with Gasteiger partial charge in [0.05, 0.1) is 5.92 Å². The molecule has 0 aromatic heterocycles. The van der Waals surface area contributed by atoms with Gasteiger partial charge in [-0.1, -0.05) is 13.3 Å². The van der Waals surface area contributed by atoms with Gasteiger partial charge in [-0.05, 0) is 25.2 Å². The quantitative estimate of drug-likeness (QED) is 0.742. The summed E-state index contributed by atoms with van der Waals surface area (Å²) in [7, 11) is 0. The number of rotatable bonds is 2. The summed E-state index contributed by atoms with van der Waals surface area (Å²) in [5.74, 6) is 0.898. The Balaban J connectivity index is 1.99. The van der Waals surface area contributed by atoms with Crippen molar-refractivity contribution in [2.24, 2.45) is 23.5 Å². The minimum atomic E-state index is 0.00110. The summed E-state index contributed by atoms with van der Waals surface area (Å²) in [4.78, 5) is 14.4. The zero-order valence-corrected chi connectivity index (χ0v) is 10.6. The van der Waals surface area contributed by atoms with E-state index in [9.17, 15) is 4.79 Å². The Morgan fingerprint density at radius 2 is 2.18 bits per heavy atom. The predicted octanol–water partition coefficient (Wildman–Crippen LogP) is 0.591. The lowest BCUT2D eigenvalue weighted by Crippen LogP contribution is -2.48. The molecule has 0 radical (unpaired) electrons. The maximum absolute atomic E-state index is 12.4. The largest absolute Gasteiger partial charge is 0.396 e. The number of hydrogen-bond donors (Lipinski definition) is 2. The second-order valence-electron chi connectivity index (χ2n) is 5.72. The SMILES string of the molecule is CC1CCCC(N)C1C(=O)N1CCC(CO)C1. The van der Waals surface area contributed by atoms with Gasteiger partial charge in [0.1, 0.15) is 0 Å². The minimum absolute atomic E-state index is 0.00110. The van der Waals surface area contributed by atoms with Gasteiger partial charge in [-0.3, -0.25) is 4.79 Å². The number of carbonyl (C=O) groups excluding carboxylic acids is 1. The smallest absolute Gasteiger partial charge is 0.227 e. The van der Waals surface area contributed by atoms with E-state index in [1.165, 1.54) is 0 Å². The first-order valence-corrected chi connectivity index (χ1v) is 6.78. The number of likely N-dealkylation sites (tertiary alicyclic amines) is 1. The lowest BCUT2D eigenvalue weighted by atomic mass is 9.76. The Bertz CT molecular complexity index is 273. The summed E-state index contributed by atoms with van der Waals surface area (Å²) < 4.78 is 0. The van der Waals surface area contributed by atoms with Gasteiger partial charge in [-0.2, -0.15) is 0 Å². The van der Waals surface area contributed by atoms with Crippen LogP contribution in [0.15, 0.2) is 0 Å². The number of nitrogens with two attached hydrogens (primary N) is 1. The van der Waals surface area contributed by atoms with Crippen LogP contribution in [0.4, 0.5) is 0 Å². The standard InChI is InChI=1S/C13H24N2O2/c1-9-3-2-4-11(14)12(9)13(17)15-6-5-10(7-15)8-16/h9-12,16H,2-8,14H2,1H3. The maximum Gasteiger partial charge on any atom is 0.227 e. The summed E-state index contributed by atoms with van der Waals surface area (Å²) >= 11 is 0. The second-order valence-corrected chi connectivity index (χ2v) is 5.72. The van der Waals surface area contributed by atoms with Crippen LogP contribution in [0.5, 0.6) is 0 Å². The van der Waals surface area contributed by atoms with Crippen LogP contribution in [0, 0.1) is 17.8 Å². The summed E-state index contributed by atoms with van der Waals surface area (Å²) in [6, 6.07) is 0.0272. The Labute approximate surface area is 103 Å². The van der Waals surface area contributed by atoms with Crippen LogP contribution in [-0.4, -0.2) is 41.7 Å². The third-order valence-electron chi connectivity index (χ3n) is 4.41. The predicted molar refractivity (Wildman–Crippen MR) is 66.3 cm³/mol. The van der Waals surface area contributed by atoms with Crippen LogP contribution < -0.4 is 5.73 Å². The third kappa shape index (κ3) is 2.63. The number of aliphatic hydroxyl groups excluding tert-OH is 1. The zero-order chi connectivity index (χ0) is 12.4. The van der Waals surface area contributed by atoms with Gasteiger partial charge in [-0.25, -0.2) is 0 Å². The molecule has 1 amide bonds. The molecule has 4 atom stereocenters. The normalized spacial score (nSPS) is 38.4. The highest BCUT2D eigenvalue weighted by molar-refractivity contribution is 5.80. The maximum atomic E-state index is 12.4. The Hall–Kier alpha value is -0.610. The highest BCUT2D eigenvalue weighted by Crippen LogP contribution is 2.31. The van der Waals surface area contributed by atoms with E-state index in [0.29, 0.717) is 12.5 Å². The fourth-order valence-corrected chi connectivity index (χ4v) is 3.28. The zero-order valence-electron chi connectivity index (χ0n) is 10.6. The third-order valence-corrected chi connectivity index (χ3v) is 4.41. The lowest BCUT2D eigenvalue weighted by molar-refractivity contribution is -0.138. The van der Waals surface area contributed by atoms with Gasteiger partial charge in [0.2, 0.25) is 5.91 Å². The molecule has 0 aromatic rings. The van der Waals surface area contributed by atoms with Gasteiger partial charge in [0.25, 0.3) is 0 Å². The number of amides is 1. The van der Waals surface area contributed by atoms with E-state index in [1.807, 2.05) is 4.90 Å². The molecule has 0 aromatic carbocycles. The van der Waals surface area contributed by atoms with E-state index in [0.717, 1.165) is 32.2 Å². The van der Waals surface area contributed by atoms with Crippen molar-refractivity contribution in [3.63, 3.8) is 0 Å². The van der Waals surface area contributed by atoms with Crippen LogP contribution in [-0.2, 0) is 4.79 Å². The average molecular weight is 240 g/mol. The van der Waals surface area contributed by atoms with Crippen LogP contribution >= 0.6 is 0 Å². The van der Waals surface area contributed by atoms with E-state index in [4.69, 9.17) is 10.8 Å². The first-order chi connectivity index (χ1) is 8.13. The molecule has 0 spiro atoms. The molecule has 1 saturated carbocycles. The summed E-state index contributed by atoms with van der Waals surface area (Å²) in [5.41, 5.74) is 6.11. The van der Waals surface area contributed by atoms with Crippen molar-refractivity contribution < 1.29 is 9.90 Å². The van der Waals surface area contributed by atoms with E-state index >= 15 is 0 Å². The van der Waals surface area contributed by atoms with Crippen molar-refractivity contribution in [2.45, 2.75) is 38.6 Å². The van der Waals surface area contributed by atoms with Gasteiger partial charge in [0, 0.05) is 31.7 Å². The first kappa shape index (κ1) is 12.8. The number of carbonyl (C=O) groups is 1. The van der Waals surface area contributed by atoms with Crippen molar-refractivity contribution in [3.05, 3.63) is 0 Å². The highest BCUT2D eigenvalue weighted by atomic mass is 16.3. The van der Waals surface area contributed by atoms with Crippen molar-refractivity contribution >= 4 is 5.91 Å². The topological polar surface area (TPSA) is 66.6 Å².